The van der Waals surface area contributed by atoms with E-state index >= 15 is 0 Å². The molecule has 0 aliphatic heterocycles. The number of nitrogens with zero attached hydrogens (tertiary/aromatic N) is 4. The zero-order chi connectivity index (χ0) is 13.4. The Morgan fingerprint density at radius 2 is 2.11 bits per heavy atom. The van der Waals surface area contributed by atoms with Crippen LogP contribution in [0.2, 0.25) is 0 Å². The summed E-state index contributed by atoms with van der Waals surface area (Å²) in [5, 5.41) is 8.31. The Hall–Kier alpha value is -1.82. The van der Waals surface area contributed by atoms with E-state index in [2.05, 4.69) is 48.0 Å². The average Bonchev–Trinajstić information content (AvgIpc) is 2.81. The average molecular weight is 318 g/mol. The molecule has 0 bridgehead atoms. The van der Waals surface area contributed by atoms with E-state index < -0.39 is 0 Å². The summed E-state index contributed by atoms with van der Waals surface area (Å²) in [6, 6.07) is 3.96. The van der Waals surface area contributed by atoms with Crippen molar-refractivity contribution < 1.29 is 0 Å². The Labute approximate surface area is 118 Å². The molecule has 0 radical (unpaired) electrons. The zero-order valence-electron chi connectivity index (χ0n) is 10.6. The van der Waals surface area contributed by atoms with E-state index in [-0.39, 0.29) is 0 Å². The number of nitrogens with one attached hydrogen (secondary N) is 1. The molecule has 96 valence electrons. The molecule has 0 amide bonds. The largest absolute Gasteiger partial charge is 0.336 e. The molecule has 6 heteroatoms. The molecule has 0 aliphatic carbocycles. The number of fused-ring (bicyclic) bond motifs is 1. The molecule has 3 rings (SSSR count). The topological polar surface area (TPSA) is 67.3 Å². The van der Waals surface area contributed by atoms with Crippen molar-refractivity contribution in [3.05, 3.63) is 34.2 Å². The molecular weight excluding hydrogens is 306 g/mol. The van der Waals surface area contributed by atoms with Gasteiger partial charge >= 0.3 is 0 Å². The van der Waals surface area contributed by atoms with Crippen LogP contribution in [0, 0.1) is 6.92 Å². The van der Waals surface area contributed by atoms with Gasteiger partial charge in [0.25, 0.3) is 0 Å². The van der Waals surface area contributed by atoms with Crippen molar-refractivity contribution in [2.45, 2.75) is 20.3 Å². The maximum atomic E-state index is 4.52. The highest BCUT2D eigenvalue weighted by atomic mass is 79.9. The molecule has 0 saturated heterocycles. The van der Waals surface area contributed by atoms with Gasteiger partial charge in [0.2, 0.25) is 0 Å². The second-order valence-electron chi connectivity index (χ2n) is 4.31. The van der Waals surface area contributed by atoms with E-state index in [0.717, 1.165) is 39.2 Å². The number of imidazole rings is 1. The molecule has 0 unspecified atom stereocenters. The fraction of sp³-hybridized carbons (Fsp3) is 0.231. The molecule has 0 atom stereocenters. The number of aromatic amines is 1. The van der Waals surface area contributed by atoms with Crippen LogP contribution in [-0.4, -0.2) is 25.1 Å². The monoisotopic (exact) mass is 317 g/mol. The van der Waals surface area contributed by atoms with E-state index in [1.165, 1.54) is 0 Å². The van der Waals surface area contributed by atoms with Crippen LogP contribution in [0.25, 0.3) is 22.6 Å². The van der Waals surface area contributed by atoms with Crippen molar-refractivity contribution in [3.63, 3.8) is 0 Å². The van der Waals surface area contributed by atoms with Gasteiger partial charge in [0.05, 0.1) is 16.9 Å². The number of pyridine rings is 1. The third-order valence-electron chi connectivity index (χ3n) is 2.89. The highest BCUT2D eigenvalue weighted by Crippen LogP contribution is 2.24. The Balaban J connectivity index is 2.21. The molecule has 0 aromatic carbocycles. The molecule has 3 aromatic rings. The Morgan fingerprint density at radius 3 is 2.89 bits per heavy atom. The van der Waals surface area contributed by atoms with E-state index in [4.69, 9.17) is 0 Å². The summed E-state index contributed by atoms with van der Waals surface area (Å²) in [5.41, 5.74) is 4.41. The van der Waals surface area contributed by atoms with Crippen molar-refractivity contribution in [1.82, 2.24) is 25.1 Å². The fourth-order valence-corrected chi connectivity index (χ4v) is 2.31. The van der Waals surface area contributed by atoms with Gasteiger partial charge in [-0.2, -0.15) is 10.2 Å². The Morgan fingerprint density at radius 1 is 1.26 bits per heavy atom. The van der Waals surface area contributed by atoms with Gasteiger partial charge in [-0.3, -0.25) is 0 Å². The molecule has 1 N–H and O–H groups in total. The van der Waals surface area contributed by atoms with Crippen LogP contribution in [-0.2, 0) is 6.42 Å². The summed E-state index contributed by atoms with van der Waals surface area (Å²) in [4.78, 5) is 12.1. The second kappa shape index (κ2) is 4.70. The lowest BCUT2D eigenvalue weighted by molar-refractivity contribution is 0.893. The van der Waals surface area contributed by atoms with Crippen LogP contribution in [0.15, 0.2) is 22.8 Å². The second-order valence-corrected chi connectivity index (χ2v) is 5.23. The van der Waals surface area contributed by atoms with Gasteiger partial charge in [-0.15, -0.1) is 0 Å². The molecule has 5 nitrogen and oxygen atoms in total. The first-order valence-corrected chi connectivity index (χ1v) is 6.81. The van der Waals surface area contributed by atoms with Crippen LogP contribution >= 0.6 is 15.9 Å². The number of hydrogen-bond donors (Lipinski definition) is 1. The SMILES string of the molecule is CCc1nnc(C)cc1-c1nc2ncc(Br)cc2[nH]1. The third-order valence-corrected chi connectivity index (χ3v) is 3.32. The van der Waals surface area contributed by atoms with Crippen LogP contribution in [0.3, 0.4) is 0 Å². The number of H-pyrrole nitrogens is 1. The van der Waals surface area contributed by atoms with Gasteiger partial charge in [0.15, 0.2) is 5.65 Å². The minimum atomic E-state index is 0.703. The first kappa shape index (κ1) is 12.2. The lowest BCUT2D eigenvalue weighted by atomic mass is 10.1. The molecule has 3 heterocycles. The highest BCUT2D eigenvalue weighted by molar-refractivity contribution is 9.10. The Bertz CT molecular complexity index is 750. The number of rotatable bonds is 2. The summed E-state index contributed by atoms with van der Waals surface area (Å²) in [5.74, 6) is 0.787. The zero-order valence-corrected chi connectivity index (χ0v) is 12.2. The van der Waals surface area contributed by atoms with E-state index in [9.17, 15) is 0 Å². The summed E-state index contributed by atoms with van der Waals surface area (Å²) in [6.07, 6.45) is 2.56. The molecule has 0 fully saturated rings. The number of aryl methyl sites for hydroxylation is 2. The Kier molecular flexibility index (Phi) is 3.02. The van der Waals surface area contributed by atoms with Gasteiger partial charge in [-0.25, -0.2) is 9.97 Å². The lowest BCUT2D eigenvalue weighted by Crippen LogP contribution is -1.98. The summed E-state index contributed by atoms with van der Waals surface area (Å²) in [6.45, 7) is 3.98. The third kappa shape index (κ3) is 2.23. The van der Waals surface area contributed by atoms with E-state index in [0.29, 0.717) is 5.65 Å². The van der Waals surface area contributed by atoms with Crippen molar-refractivity contribution in [3.8, 4) is 11.4 Å². The fourth-order valence-electron chi connectivity index (χ4n) is 1.98. The molecule has 19 heavy (non-hydrogen) atoms. The molecule has 0 aliphatic rings. The van der Waals surface area contributed by atoms with Crippen LogP contribution in [0.4, 0.5) is 0 Å². The van der Waals surface area contributed by atoms with Crippen molar-refractivity contribution >= 4 is 27.1 Å². The maximum Gasteiger partial charge on any atom is 0.178 e. The number of aromatic nitrogens is 5. The van der Waals surface area contributed by atoms with E-state index in [1.54, 1.807) is 6.20 Å². The lowest BCUT2D eigenvalue weighted by Gasteiger charge is -2.03. The molecule has 0 saturated carbocycles. The minimum absolute atomic E-state index is 0.703. The van der Waals surface area contributed by atoms with Gasteiger partial charge in [-0.1, -0.05) is 6.92 Å². The van der Waals surface area contributed by atoms with E-state index in [1.807, 2.05) is 19.1 Å². The van der Waals surface area contributed by atoms with Gasteiger partial charge in [0.1, 0.15) is 5.82 Å². The molecule has 3 aromatic heterocycles. The molecule has 0 spiro atoms. The predicted octanol–water partition coefficient (Wildman–Crippen LogP) is 3.05. The standard InChI is InChI=1S/C13H12BrN5/c1-3-10-9(4-7(2)18-19-10)12-16-11-5-8(14)6-15-13(11)17-12/h4-6H,3H2,1-2H3,(H,15,16,17). The maximum absolute atomic E-state index is 4.52. The minimum Gasteiger partial charge on any atom is -0.336 e. The first-order valence-electron chi connectivity index (χ1n) is 6.02. The van der Waals surface area contributed by atoms with Crippen molar-refractivity contribution in [2.75, 3.05) is 0 Å². The van der Waals surface area contributed by atoms with Crippen LogP contribution < -0.4 is 0 Å². The van der Waals surface area contributed by atoms with Crippen LogP contribution in [0.5, 0.6) is 0 Å². The molecular formula is C13H12BrN5. The quantitative estimate of drug-likeness (QED) is 0.788. The predicted molar refractivity (Wildman–Crippen MR) is 76.7 cm³/mol. The van der Waals surface area contributed by atoms with Crippen molar-refractivity contribution in [2.24, 2.45) is 0 Å². The normalized spacial score (nSPS) is 11.1. The summed E-state index contributed by atoms with van der Waals surface area (Å²) >= 11 is 3.41. The van der Waals surface area contributed by atoms with Gasteiger partial charge < -0.3 is 4.98 Å². The smallest absolute Gasteiger partial charge is 0.178 e. The summed E-state index contributed by atoms with van der Waals surface area (Å²) in [7, 11) is 0. The van der Waals surface area contributed by atoms with Crippen LogP contribution in [0.1, 0.15) is 18.3 Å². The number of hydrogen-bond acceptors (Lipinski definition) is 4. The van der Waals surface area contributed by atoms with Crippen molar-refractivity contribution in [1.29, 1.82) is 0 Å². The number of halogens is 1. The van der Waals surface area contributed by atoms with Gasteiger partial charge in [0, 0.05) is 16.2 Å². The summed E-state index contributed by atoms with van der Waals surface area (Å²) < 4.78 is 0.926. The van der Waals surface area contributed by atoms with Gasteiger partial charge in [-0.05, 0) is 41.4 Å². The first-order chi connectivity index (χ1) is 9.17. The highest BCUT2D eigenvalue weighted by Gasteiger charge is 2.12.